The van der Waals surface area contributed by atoms with Crippen LogP contribution in [0.25, 0.3) is 0 Å². The van der Waals surface area contributed by atoms with Gasteiger partial charge >= 0.3 is 6.03 Å². The van der Waals surface area contributed by atoms with Crippen LogP contribution in [0.2, 0.25) is 0 Å². The molecule has 10 heteroatoms. The smallest absolute Gasteiger partial charge is 0.317 e. The number of nitrogens with one attached hydrogen (secondary N) is 1. The summed E-state index contributed by atoms with van der Waals surface area (Å²) in [5.41, 5.74) is 5.65. The lowest BCUT2D eigenvalue weighted by molar-refractivity contribution is 0.164. The van der Waals surface area contributed by atoms with E-state index in [2.05, 4.69) is 10.3 Å². The van der Waals surface area contributed by atoms with Crippen LogP contribution in [-0.4, -0.2) is 65.4 Å². The van der Waals surface area contributed by atoms with Gasteiger partial charge in [-0.1, -0.05) is 0 Å². The van der Waals surface area contributed by atoms with E-state index >= 15 is 0 Å². The number of nitrogens with two attached hydrogens (primary N) is 1. The first-order chi connectivity index (χ1) is 9.41. The van der Waals surface area contributed by atoms with Gasteiger partial charge in [0.15, 0.2) is 10.8 Å². The van der Waals surface area contributed by atoms with Crippen LogP contribution in [0, 0.1) is 0 Å². The number of nitrogen functional groups attached to an aromatic ring is 1. The third kappa shape index (κ3) is 1.83. The number of nitrogens with zero attached hydrogens (tertiary/aromatic N) is 4. The lowest BCUT2D eigenvalue weighted by Gasteiger charge is -2.35. The molecule has 1 aromatic heterocycles. The van der Waals surface area contributed by atoms with Crippen LogP contribution in [0.4, 0.5) is 10.6 Å². The number of anilines is 1. The van der Waals surface area contributed by atoms with Crippen molar-refractivity contribution in [2.45, 2.75) is 11.1 Å². The quantitative estimate of drug-likeness (QED) is 0.683. The average molecular weight is 300 g/mol. The number of urea groups is 1. The Morgan fingerprint density at radius 1 is 1.45 bits per heavy atom. The minimum atomic E-state index is -3.69. The second-order valence-electron chi connectivity index (χ2n) is 4.94. The second-order valence-corrected chi connectivity index (χ2v) is 6.80. The molecule has 2 aliphatic heterocycles. The molecule has 9 nitrogen and oxygen atoms in total. The van der Waals surface area contributed by atoms with Crippen molar-refractivity contribution in [2.24, 2.45) is 7.05 Å². The highest BCUT2D eigenvalue weighted by molar-refractivity contribution is 7.89. The standard InChI is InChI=1S/C10H16N6O3S/c1-14-6-13-8(11)9(14)20(18,19)15-2-3-16-7(5-15)4-12-10(16)17/h6-7H,2-5,11H2,1H3,(H,12,17). The van der Waals surface area contributed by atoms with Gasteiger partial charge < -0.3 is 20.5 Å². The third-order valence-electron chi connectivity index (χ3n) is 3.69. The first-order valence-electron chi connectivity index (χ1n) is 6.22. The van der Waals surface area contributed by atoms with Crippen molar-refractivity contribution in [1.82, 2.24) is 24.1 Å². The topological polar surface area (TPSA) is 114 Å². The van der Waals surface area contributed by atoms with E-state index < -0.39 is 10.0 Å². The first-order valence-corrected chi connectivity index (χ1v) is 7.66. The number of fused-ring (bicyclic) bond motifs is 1. The van der Waals surface area contributed by atoms with Gasteiger partial charge in [-0.2, -0.15) is 4.31 Å². The molecule has 0 saturated carbocycles. The van der Waals surface area contributed by atoms with E-state index in [1.54, 1.807) is 11.9 Å². The summed E-state index contributed by atoms with van der Waals surface area (Å²) in [5, 5.41) is 2.72. The van der Waals surface area contributed by atoms with Gasteiger partial charge in [0.1, 0.15) is 0 Å². The van der Waals surface area contributed by atoms with Crippen LogP contribution >= 0.6 is 0 Å². The van der Waals surface area contributed by atoms with Gasteiger partial charge in [-0.25, -0.2) is 18.2 Å². The predicted molar refractivity (Wildman–Crippen MR) is 70.3 cm³/mol. The molecule has 0 bridgehead atoms. The number of aromatic nitrogens is 2. The fourth-order valence-corrected chi connectivity index (χ4v) is 4.33. The predicted octanol–water partition coefficient (Wildman–Crippen LogP) is -1.60. The van der Waals surface area contributed by atoms with Crippen molar-refractivity contribution in [1.29, 1.82) is 0 Å². The molecule has 1 atom stereocenters. The van der Waals surface area contributed by atoms with Crippen LogP contribution in [0.1, 0.15) is 0 Å². The molecule has 110 valence electrons. The average Bonchev–Trinajstić information content (AvgIpc) is 2.93. The molecular weight excluding hydrogens is 284 g/mol. The van der Waals surface area contributed by atoms with E-state index in [0.29, 0.717) is 13.1 Å². The molecule has 2 amide bonds. The molecule has 20 heavy (non-hydrogen) atoms. The fourth-order valence-electron chi connectivity index (χ4n) is 2.67. The van der Waals surface area contributed by atoms with Crippen LogP contribution in [0.3, 0.4) is 0 Å². The number of aryl methyl sites for hydroxylation is 1. The van der Waals surface area contributed by atoms with Crippen molar-refractivity contribution < 1.29 is 13.2 Å². The number of carbonyl (C=O) groups excluding carboxylic acids is 1. The number of sulfonamides is 1. The Balaban J connectivity index is 1.88. The Labute approximate surface area is 116 Å². The summed E-state index contributed by atoms with van der Waals surface area (Å²) in [6, 6.07) is -0.257. The van der Waals surface area contributed by atoms with Crippen molar-refractivity contribution >= 4 is 21.9 Å². The summed E-state index contributed by atoms with van der Waals surface area (Å²) in [5.74, 6) is -0.00412. The Bertz CT molecular complexity index is 634. The number of hydrogen-bond acceptors (Lipinski definition) is 5. The van der Waals surface area contributed by atoms with Gasteiger partial charge in [-0.15, -0.1) is 0 Å². The molecule has 2 fully saturated rings. The monoisotopic (exact) mass is 300 g/mol. The number of hydrogen-bond donors (Lipinski definition) is 2. The zero-order chi connectivity index (χ0) is 14.5. The van der Waals surface area contributed by atoms with E-state index in [4.69, 9.17) is 5.73 Å². The maximum atomic E-state index is 12.6. The summed E-state index contributed by atoms with van der Waals surface area (Å²) >= 11 is 0. The van der Waals surface area contributed by atoms with Gasteiger partial charge in [-0.05, 0) is 0 Å². The van der Waals surface area contributed by atoms with Gasteiger partial charge in [-0.3, -0.25) is 0 Å². The third-order valence-corrected chi connectivity index (χ3v) is 5.69. The van der Waals surface area contributed by atoms with E-state index in [1.165, 1.54) is 15.2 Å². The Hall–Kier alpha value is -1.81. The molecule has 0 aliphatic carbocycles. The molecule has 0 radical (unpaired) electrons. The van der Waals surface area contributed by atoms with Crippen LogP contribution in [0.15, 0.2) is 11.4 Å². The summed E-state index contributed by atoms with van der Waals surface area (Å²) in [4.78, 5) is 17.0. The molecule has 0 spiro atoms. The number of imidazole rings is 1. The van der Waals surface area contributed by atoms with Gasteiger partial charge in [0.2, 0.25) is 0 Å². The molecule has 3 N–H and O–H groups in total. The van der Waals surface area contributed by atoms with E-state index in [-0.39, 0.29) is 36.0 Å². The van der Waals surface area contributed by atoms with Gasteiger partial charge in [0.05, 0.1) is 12.4 Å². The zero-order valence-corrected chi connectivity index (χ0v) is 11.8. The Kier molecular flexibility index (Phi) is 2.87. The summed E-state index contributed by atoms with van der Waals surface area (Å²) in [6.45, 7) is 1.38. The number of carbonyl (C=O) groups is 1. The normalized spacial score (nSPS) is 23.8. The molecule has 1 unspecified atom stereocenters. The lowest BCUT2D eigenvalue weighted by Crippen LogP contribution is -2.53. The van der Waals surface area contributed by atoms with Crippen molar-refractivity contribution in [3.8, 4) is 0 Å². The van der Waals surface area contributed by atoms with E-state index in [0.717, 1.165) is 0 Å². The number of amides is 2. The van der Waals surface area contributed by atoms with Crippen molar-refractivity contribution in [2.75, 3.05) is 31.9 Å². The highest BCUT2D eigenvalue weighted by Gasteiger charge is 2.41. The molecule has 3 heterocycles. The van der Waals surface area contributed by atoms with Crippen LogP contribution in [0.5, 0.6) is 0 Å². The highest BCUT2D eigenvalue weighted by atomic mass is 32.2. The van der Waals surface area contributed by atoms with Crippen LogP contribution < -0.4 is 11.1 Å². The van der Waals surface area contributed by atoms with Gasteiger partial charge in [0, 0.05) is 33.2 Å². The summed E-state index contributed by atoms with van der Waals surface area (Å²) in [6.07, 6.45) is 1.37. The maximum absolute atomic E-state index is 12.6. The fraction of sp³-hybridized carbons (Fsp3) is 0.600. The molecule has 1 aromatic rings. The second kappa shape index (κ2) is 4.35. The largest absolute Gasteiger partial charge is 0.381 e. The minimum absolute atomic E-state index is 0.00299. The maximum Gasteiger partial charge on any atom is 0.317 e. The molecular formula is C10H16N6O3S. The zero-order valence-electron chi connectivity index (χ0n) is 11.0. The van der Waals surface area contributed by atoms with E-state index in [1.807, 2.05) is 0 Å². The van der Waals surface area contributed by atoms with Crippen molar-refractivity contribution in [3.63, 3.8) is 0 Å². The summed E-state index contributed by atoms with van der Waals surface area (Å²) in [7, 11) is -2.10. The summed E-state index contributed by atoms with van der Waals surface area (Å²) < 4.78 is 28.0. The van der Waals surface area contributed by atoms with E-state index in [9.17, 15) is 13.2 Å². The lowest BCUT2D eigenvalue weighted by atomic mass is 10.2. The van der Waals surface area contributed by atoms with Crippen LogP contribution in [-0.2, 0) is 17.1 Å². The number of rotatable bonds is 2. The Morgan fingerprint density at radius 2 is 2.20 bits per heavy atom. The molecule has 2 aliphatic rings. The SMILES string of the molecule is Cn1cnc(N)c1S(=O)(=O)N1CCN2C(=O)NCC2C1. The number of piperazine rings is 1. The molecule has 0 aromatic carbocycles. The van der Waals surface area contributed by atoms with Gasteiger partial charge in [0.25, 0.3) is 10.0 Å². The van der Waals surface area contributed by atoms with Crippen molar-refractivity contribution in [3.05, 3.63) is 6.33 Å². The first kappa shape index (κ1) is 13.2. The highest BCUT2D eigenvalue weighted by Crippen LogP contribution is 2.24. The minimum Gasteiger partial charge on any atom is -0.381 e. The Morgan fingerprint density at radius 3 is 2.85 bits per heavy atom. The molecule has 3 rings (SSSR count). The molecule has 2 saturated heterocycles.